The van der Waals surface area contributed by atoms with Gasteiger partial charge >= 0.3 is 0 Å². The van der Waals surface area contributed by atoms with Crippen LogP contribution in [0.3, 0.4) is 0 Å². The molecule has 0 aliphatic carbocycles. The first-order valence-corrected chi connectivity index (χ1v) is 13.8. The molecule has 1 aromatic carbocycles. The minimum Gasteiger partial charge on any atom is -0.344 e. The van der Waals surface area contributed by atoms with Crippen LogP contribution in [0.15, 0.2) is 76.1 Å². The second-order valence-electron chi connectivity index (χ2n) is 7.51. The molecule has 4 rings (SSSR count). The lowest BCUT2D eigenvalue weighted by atomic mass is 10.1. The van der Waals surface area contributed by atoms with Crippen molar-refractivity contribution in [1.29, 1.82) is 0 Å². The maximum absolute atomic E-state index is 12.7. The predicted molar refractivity (Wildman–Crippen MR) is 128 cm³/mol. The van der Waals surface area contributed by atoms with Gasteiger partial charge in [0.2, 0.25) is 15.9 Å². The van der Waals surface area contributed by atoms with Crippen molar-refractivity contribution in [3.8, 4) is 0 Å². The monoisotopic (exact) mass is 487 g/mol. The van der Waals surface area contributed by atoms with Crippen molar-refractivity contribution in [1.82, 2.24) is 14.6 Å². The molecule has 3 aromatic rings. The lowest BCUT2D eigenvalue weighted by Gasteiger charge is -2.25. The number of carbonyl (C=O) groups excluding carboxylic acids is 1. The predicted octanol–water partition coefficient (Wildman–Crippen LogP) is 4.32. The summed E-state index contributed by atoms with van der Waals surface area (Å²) in [5.41, 5.74) is 1.03. The lowest BCUT2D eigenvalue weighted by Crippen LogP contribution is -2.35. The van der Waals surface area contributed by atoms with Gasteiger partial charge in [0.25, 0.3) is 0 Å². The maximum Gasteiger partial charge on any atom is 0.244 e. The molecule has 9 heteroatoms. The molecule has 0 bridgehead atoms. The molecule has 0 spiro atoms. The van der Waals surface area contributed by atoms with Crippen molar-refractivity contribution in [2.45, 2.75) is 35.2 Å². The highest BCUT2D eigenvalue weighted by Gasteiger charge is 2.26. The molecule has 1 aliphatic rings. The average Bonchev–Trinajstić information content (AvgIpc) is 3.37. The number of hydrogen-bond donors (Lipinski definition) is 1. The number of thioether (sulfide) groups is 1. The van der Waals surface area contributed by atoms with Gasteiger partial charge in [-0.25, -0.2) is 13.4 Å². The summed E-state index contributed by atoms with van der Waals surface area (Å²) in [5.74, 6) is 0.0870. The van der Waals surface area contributed by atoms with Gasteiger partial charge < -0.3 is 5.32 Å². The van der Waals surface area contributed by atoms with Gasteiger partial charge in [-0.2, -0.15) is 4.31 Å². The number of nitrogens with one attached hydrogen (secondary N) is 1. The highest BCUT2D eigenvalue weighted by atomic mass is 32.2. The summed E-state index contributed by atoms with van der Waals surface area (Å²) in [5, 5.41) is 5.72. The van der Waals surface area contributed by atoms with Crippen molar-refractivity contribution in [2.75, 3.05) is 18.8 Å². The third-order valence-electron chi connectivity index (χ3n) is 5.28. The van der Waals surface area contributed by atoms with Gasteiger partial charge in [-0.15, -0.1) is 11.3 Å². The van der Waals surface area contributed by atoms with E-state index in [-0.39, 0.29) is 22.6 Å². The fourth-order valence-electron chi connectivity index (χ4n) is 3.62. The van der Waals surface area contributed by atoms with Crippen molar-refractivity contribution in [3.05, 3.63) is 76.6 Å². The summed E-state index contributed by atoms with van der Waals surface area (Å²) in [6.45, 7) is 1.12. The Labute approximate surface area is 197 Å². The van der Waals surface area contributed by atoms with Crippen LogP contribution in [0.25, 0.3) is 0 Å². The Hall–Kier alpha value is -2.20. The van der Waals surface area contributed by atoms with Crippen molar-refractivity contribution < 1.29 is 13.2 Å². The van der Waals surface area contributed by atoms with Crippen LogP contribution in [0.1, 0.15) is 35.7 Å². The number of rotatable bonds is 8. The molecular weight excluding hydrogens is 462 g/mol. The fraction of sp³-hybridized carbons (Fsp3) is 0.304. The second-order valence-corrected chi connectivity index (χ2v) is 11.4. The Morgan fingerprint density at radius 2 is 1.84 bits per heavy atom. The number of piperidine rings is 1. The van der Waals surface area contributed by atoms with Crippen LogP contribution in [0, 0.1) is 0 Å². The number of benzene rings is 1. The van der Waals surface area contributed by atoms with Gasteiger partial charge in [0.15, 0.2) is 0 Å². The van der Waals surface area contributed by atoms with E-state index in [4.69, 9.17) is 0 Å². The zero-order valence-corrected chi connectivity index (χ0v) is 20.0. The summed E-state index contributed by atoms with van der Waals surface area (Å²) in [7, 11) is -3.50. The molecule has 1 fully saturated rings. The fourth-order valence-corrected chi connectivity index (χ4v) is 6.54. The summed E-state index contributed by atoms with van der Waals surface area (Å²) in [6, 6.07) is 16.9. The highest BCUT2D eigenvalue weighted by molar-refractivity contribution is 7.99. The van der Waals surface area contributed by atoms with Gasteiger partial charge in [-0.1, -0.05) is 54.6 Å². The Balaban J connectivity index is 1.37. The van der Waals surface area contributed by atoms with Crippen molar-refractivity contribution in [2.24, 2.45) is 0 Å². The van der Waals surface area contributed by atoms with Crippen LogP contribution in [0.5, 0.6) is 0 Å². The molecule has 1 aliphatic heterocycles. The van der Waals surface area contributed by atoms with Crippen LogP contribution < -0.4 is 5.32 Å². The number of amides is 1. The second kappa shape index (κ2) is 10.6. The van der Waals surface area contributed by atoms with E-state index in [0.29, 0.717) is 18.1 Å². The van der Waals surface area contributed by atoms with Gasteiger partial charge in [-0.3, -0.25) is 4.79 Å². The molecule has 0 saturated carbocycles. The van der Waals surface area contributed by atoms with E-state index in [1.165, 1.54) is 22.3 Å². The first-order valence-electron chi connectivity index (χ1n) is 10.5. The van der Waals surface area contributed by atoms with Crippen LogP contribution in [-0.2, 0) is 14.8 Å². The third-order valence-corrected chi connectivity index (χ3v) is 9.04. The molecule has 168 valence electrons. The standard InChI is InChI=1S/C23H25N3O3S3/c27-21(25-23(20-10-7-15-30-20)18-8-3-1-4-9-18)17-31-22-12-11-19(16-24-22)32(28,29)26-13-5-2-6-14-26/h1,3-4,7-12,15-16,23H,2,5-6,13-14,17H2,(H,25,27)/t23-/m0/s1. The zero-order chi connectivity index (χ0) is 22.4. The first kappa shape index (κ1) is 23.0. The van der Waals surface area contributed by atoms with E-state index < -0.39 is 10.0 Å². The summed E-state index contributed by atoms with van der Waals surface area (Å²) in [4.78, 5) is 18.2. The first-order chi connectivity index (χ1) is 15.5. The minimum atomic E-state index is -3.50. The zero-order valence-electron chi connectivity index (χ0n) is 17.5. The van der Waals surface area contributed by atoms with Crippen LogP contribution in [0.2, 0.25) is 0 Å². The summed E-state index contributed by atoms with van der Waals surface area (Å²) >= 11 is 2.89. The number of sulfonamides is 1. The Kier molecular flexibility index (Phi) is 7.62. The largest absolute Gasteiger partial charge is 0.344 e. The number of carbonyl (C=O) groups is 1. The molecule has 3 heterocycles. The molecule has 1 N–H and O–H groups in total. The normalized spacial score (nSPS) is 15.9. The van der Waals surface area contributed by atoms with Gasteiger partial charge in [0.05, 0.1) is 16.8 Å². The van der Waals surface area contributed by atoms with Crippen LogP contribution >= 0.6 is 23.1 Å². The van der Waals surface area contributed by atoms with Crippen LogP contribution in [-0.4, -0.2) is 42.5 Å². The van der Waals surface area contributed by atoms with Crippen molar-refractivity contribution >= 4 is 39.0 Å². The number of pyridine rings is 1. The van der Waals surface area contributed by atoms with E-state index in [0.717, 1.165) is 29.7 Å². The minimum absolute atomic E-state index is 0.107. The molecule has 0 radical (unpaired) electrons. The van der Waals surface area contributed by atoms with E-state index in [2.05, 4.69) is 10.3 Å². The lowest BCUT2D eigenvalue weighted by molar-refractivity contribution is -0.119. The molecule has 1 amide bonds. The molecule has 1 saturated heterocycles. The number of aromatic nitrogens is 1. The van der Waals surface area contributed by atoms with E-state index in [1.54, 1.807) is 23.5 Å². The number of hydrogen-bond acceptors (Lipinski definition) is 6. The number of thiophene rings is 1. The van der Waals surface area contributed by atoms with E-state index in [9.17, 15) is 13.2 Å². The van der Waals surface area contributed by atoms with Gasteiger partial charge in [-0.05, 0) is 42.0 Å². The molecule has 32 heavy (non-hydrogen) atoms. The number of nitrogens with zero attached hydrogens (tertiary/aromatic N) is 2. The Morgan fingerprint density at radius 3 is 2.50 bits per heavy atom. The SMILES string of the molecule is O=C(CSc1ccc(S(=O)(=O)N2CCCCC2)cn1)N[C@@H](c1ccccc1)c1cccs1. The molecule has 2 aromatic heterocycles. The molecule has 0 unspecified atom stereocenters. The van der Waals surface area contributed by atoms with E-state index >= 15 is 0 Å². The van der Waals surface area contributed by atoms with Gasteiger partial charge in [0.1, 0.15) is 4.90 Å². The van der Waals surface area contributed by atoms with Crippen LogP contribution in [0.4, 0.5) is 0 Å². The van der Waals surface area contributed by atoms with Crippen molar-refractivity contribution in [3.63, 3.8) is 0 Å². The maximum atomic E-state index is 12.7. The summed E-state index contributed by atoms with van der Waals surface area (Å²) < 4.78 is 27.0. The summed E-state index contributed by atoms with van der Waals surface area (Å²) in [6.07, 6.45) is 4.25. The average molecular weight is 488 g/mol. The Bertz CT molecular complexity index is 1110. The molecule has 1 atom stereocenters. The quantitative estimate of drug-likeness (QED) is 0.479. The Morgan fingerprint density at radius 1 is 1.06 bits per heavy atom. The molecule has 6 nitrogen and oxygen atoms in total. The molecular formula is C23H25N3O3S3. The smallest absolute Gasteiger partial charge is 0.244 e. The van der Waals surface area contributed by atoms with Gasteiger partial charge in [0, 0.05) is 24.2 Å². The van der Waals surface area contributed by atoms with E-state index in [1.807, 2.05) is 47.8 Å². The highest BCUT2D eigenvalue weighted by Crippen LogP contribution is 2.27. The third kappa shape index (κ3) is 5.58. The topological polar surface area (TPSA) is 79.4 Å².